The summed E-state index contributed by atoms with van der Waals surface area (Å²) in [5, 5.41) is 11.9. The predicted octanol–water partition coefficient (Wildman–Crippen LogP) is 5.78. The Morgan fingerprint density at radius 3 is 2.15 bits per heavy atom. The van der Waals surface area contributed by atoms with Crippen LogP contribution in [0.1, 0.15) is 17.2 Å². The minimum Gasteiger partial charge on any atom is -0.507 e. The second-order valence-corrected chi connectivity index (χ2v) is 8.23. The molecule has 0 saturated carbocycles. The highest BCUT2D eigenvalue weighted by molar-refractivity contribution is 6.51. The number of carbonyl (C=O) groups is 2. The summed E-state index contributed by atoms with van der Waals surface area (Å²) in [6, 6.07) is 13.4. The molecule has 1 fully saturated rings. The van der Waals surface area contributed by atoms with Crippen molar-refractivity contribution in [1.82, 2.24) is 0 Å². The zero-order valence-electron chi connectivity index (χ0n) is 18.0. The van der Waals surface area contributed by atoms with Crippen LogP contribution >= 0.6 is 23.2 Å². The first-order chi connectivity index (χ1) is 16.3. The highest BCUT2D eigenvalue weighted by Crippen LogP contribution is 2.44. The number of Topliss-reactive ketones (excluding diaryl/α,β-unsaturated/α-hetero) is 1. The fourth-order valence-corrected chi connectivity index (χ4v) is 4.22. The normalized spacial score (nSPS) is 17.2. The minimum absolute atomic E-state index is 0.101. The maximum Gasteiger partial charge on any atom is 0.300 e. The first kappa shape index (κ1) is 23.6. The summed E-state index contributed by atoms with van der Waals surface area (Å²) in [5.74, 6) is -2.30. The Hall–Kier alpha value is -3.55. The molecule has 1 aliphatic heterocycles. The first-order valence-corrected chi connectivity index (χ1v) is 10.8. The van der Waals surface area contributed by atoms with E-state index in [9.17, 15) is 19.1 Å². The molecule has 1 aliphatic rings. The van der Waals surface area contributed by atoms with E-state index in [2.05, 4.69) is 0 Å². The van der Waals surface area contributed by atoms with Crippen molar-refractivity contribution in [3.8, 4) is 11.5 Å². The summed E-state index contributed by atoms with van der Waals surface area (Å²) in [6.07, 6.45) is 0. The van der Waals surface area contributed by atoms with E-state index in [0.717, 1.165) is 0 Å². The van der Waals surface area contributed by atoms with E-state index in [1.54, 1.807) is 24.3 Å². The number of anilines is 1. The predicted molar refractivity (Wildman–Crippen MR) is 127 cm³/mol. The lowest BCUT2D eigenvalue weighted by molar-refractivity contribution is -0.132. The number of aliphatic hydroxyl groups is 1. The summed E-state index contributed by atoms with van der Waals surface area (Å²) < 4.78 is 24.1. The number of ketones is 1. The van der Waals surface area contributed by atoms with Crippen LogP contribution in [0.2, 0.25) is 10.0 Å². The van der Waals surface area contributed by atoms with E-state index in [1.165, 1.54) is 55.5 Å². The van der Waals surface area contributed by atoms with Crippen LogP contribution in [0.3, 0.4) is 0 Å². The maximum absolute atomic E-state index is 13.6. The molecule has 0 bridgehead atoms. The smallest absolute Gasteiger partial charge is 0.300 e. The third kappa shape index (κ3) is 4.08. The van der Waals surface area contributed by atoms with Crippen LogP contribution in [-0.2, 0) is 9.59 Å². The number of methoxy groups -OCH3 is 2. The third-order valence-corrected chi connectivity index (χ3v) is 6.01. The van der Waals surface area contributed by atoms with Gasteiger partial charge in [-0.25, -0.2) is 4.39 Å². The van der Waals surface area contributed by atoms with Gasteiger partial charge in [0, 0.05) is 16.8 Å². The maximum atomic E-state index is 13.6. The van der Waals surface area contributed by atoms with Crippen molar-refractivity contribution in [3.63, 3.8) is 0 Å². The van der Waals surface area contributed by atoms with Gasteiger partial charge in [-0.3, -0.25) is 14.5 Å². The minimum atomic E-state index is -1.02. The second kappa shape index (κ2) is 9.37. The number of benzene rings is 3. The van der Waals surface area contributed by atoms with Crippen molar-refractivity contribution in [1.29, 1.82) is 0 Å². The number of hydrogen-bond donors (Lipinski definition) is 1. The van der Waals surface area contributed by atoms with E-state index < -0.39 is 29.3 Å². The molecule has 3 aromatic rings. The molecule has 0 spiro atoms. The number of hydrogen-bond acceptors (Lipinski definition) is 5. The zero-order valence-corrected chi connectivity index (χ0v) is 19.5. The summed E-state index contributed by atoms with van der Waals surface area (Å²) in [4.78, 5) is 27.6. The van der Waals surface area contributed by atoms with E-state index in [-0.39, 0.29) is 27.6 Å². The van der Waals surface area contributed by atoms with Crippen LogP contribution < -0.4 is 14.4 Å². The SMILES string of the molecule is COc1cc(OC)c(/C(O)=C2\C(=O)C(=O)N(c3ccc(F)cc3)C2c2ccc(Cl)cc2)cc1Cl. The Morgan fingerprint density at radius 2 is 1.56 bits per heavy atom. The number of ether oxygens (including phenoxy) is 2. The van der Waals surface area contributed by atoms with Gasteiger partial charge in [-0.2, -0.15) is 0 Å². The molecule has 9 heteroatoms. The molecule has 1 amide bonds. The standard InChI is InChI=1S/C25H18Cl2FNO5/c1-33-19-12-20(34-2)18(27)11-17(19)23(30)21-22(13-3-5-14(26)6-4-13)29(25(32)24(21)31)16-9-7-15(28)8-10-16/h3-12,22,30H,1-2H3/b23-21+. The molecule has 174 valence electrons. The van der Waals surface area contributed by atoms with E-state index >= 15 is 0 Å². The molecular weight excluding hydrogens is 484 g/mol. The lowest BCUT2D eigenvalue weighted by atomic mass is 9.94. The fraction of sp³-hybridized carbons (Fsp3) is 0.120. The lowest BCUT2D eigenvalue weighted by Gasteiger charge is -2.25. The van der Waals surface area contributed by atoms with Crippen LogP contribution in [0.25, 0.3) is 5.76 Å². The van der Waals surface area contributed by atoms with Gasteiger partial charge in [-0.1, -0.05) is 35.3 Å². The average molecular weight is 502 g/mol. The van der Waals surface area contributed by atoms with Crippen molar-refractivity contribution in [2.75, 3.05) is 19.1 Å². The topological polar surface area (TPSA) is 76.1 Å². The number of aliphatic hydroxyl groups excluding tert-OH is 1. The highest BCUT2D eigenvalue weighted by atomic mass is 35.5. The molecule has 6 nitrogen and oxygen atoms in total. The van der Waals surface area contributed by atoms with Gasteiger partial charge < -0.3 is 14.6 Å². The van der Waals surface area contributed by atoms with Gasteiger partial charge in [0.15, 0.2) is 0 Å². The van der Waals surface area contributed by atoms with Crippen LogP contribution in [0, 0.1) is 5.82 Å². The molecule has 1 unspecified atom stereocenters. The Labute approximate surface area is 204 Å². The molecule has 1 N–H and O–H groups in total. The van der Waals surface area contributed by atoms with Gasteiger partial charge in [0.1, 0.15) is 23.1 Å². The highest BCUT2D eigenvalue weighted by Gasteiger charge is 2.47. The molecule has 1 saturated heterocycles. The van der Waals surface area contributed by atoms with E-state index in [1.807, 2.05) is 0 Å². The number of carbonyl (C=O) groups excluding carboxylic acids is 2. The van der Waals surface area contributed by atoms with Gasteiger partial charge in [-0.15, -0.1) is 0 Å². The van der Waals surface area contributed by atoms with Gasteiger partial charge in [0.25, 0.3) is 11.7 Å². The Bertz CT molecular complexity index is 1310. The molecule has 4 rings (SSSR count). The summed E-state index contributed by atoms with van der Waals surface area (Å²) in [7, 11) is 2.81. The quantitative estimate of drug-likeness (QED) is 0.272. The molecule has 34 heavy (non-hydrogen) atoms. The Kier molecular flexibility index (Phi) is 6.50. The van der Waals surface area contributed by atoms with Gasteiger partial charge in [0.2, 0.25) is 0 Å². The molecule has 0 radical (unpaired) electrons. The lowest BCUT2D eigenvalue weighted by Crippen LogP contribution is -2.29. The molecule has 1 atom stereocenters. The number of rotatable bonds is 5. The third-order valence-electron chi connectivity index (χ3n) is 5.46. The van der Waals surface area contributed by atoms with Crippen molar-refractivity contribution < 1.29 is 28.6 Å². The van der Waals surface area contributed by atoms with Crippen molar-refractivity contribution >= 4 is 46.3 Å². The van der Waals surface area contributed by atoms with Crippen molar-refractivity contribution in [2.45, 2.75) is 6.04 Å². The molecule has 0 aliphatic carbocycles. The fourth-order valence-electron chi connectivity index (χ4n) is 3.85. The van der Waals surface area contributed by atoms with Gasteiger partial charge in [0.05, 0.1) is 36.4 Å². The molecule has 1 heterocycles. The first-order valence-electron chi connectivity index (χ1n) is 10.0. The molecular formula is C25H18Cl2FNO5. The van der Waals surface area contributed by atoms with Crippen molar-refractivity contribution in [2.24, 2.45) is 0 Å². The number of amides is 1. The summed E-state index contributed by atoms with van der Waals surface area (Å²) >= 11 is 12.3. The molecule has 3 aromatic carbocycles. The van der Waals surface area contributed by atoms with Crippen LogP contribution in [0.5, 0.6) is 11.5 Å². The average Bonchev–Trinajstić information content (AvgIpc) is 3.10. The van der Waals surface area contributed by atoms with Crippen molar-refractivity contribution in [3.05, 3.63) is 93.2 Å². The van der Waals surface area contributed by atoms with Gasteiger partial charge in [-0.05, 0) is 48.0 Å². The van der Waals surface area contributed by atoms with Crippen LogP contribution in [0.4, 0.5) is 10.1 Å². The van der Waals surface area contributed by atoms with Crippen LogP contribution in [0.15, 0.2) is 66.2 Å². The number of nitrogens with zero attached hydrogens (tertiary/aromatic N) is 1. The number of halogens is 3. The second-order valence-electron chi connectivity index (χ2n) is 7.38. The zero-order chi connectivity index (χ0) is 24.6. The Balaban J connectivity index is 1.98. The van der Waals surface area contributed by atoms with Crippen LogP contribution in [-0.4, -0.2) is 31.0 Å². The summed E-state index contributed by atoms with van der Waals surface area (Å²) in [5.41, 5.74) is 0.704. The molecule has 0 aromatic heterocycles. The van der Waals surface area contributed by atoms with E-state index in [4.69, 9.17) is 32.7 Å². The van der Waals surface area contributed by atoms with E-state index in [0.29, 0.717) is 16.3 Å². The van der Waals surface area contributed by atoms with Gasteiger partial charge >= 0.3 is 0 Å². The largest absolute Gasteiger partial charge is 0.507 e. The monoisotopic (exact) mass is 501 g/mol. The Morgan fingerprint density at radius 1 is 0.941 bits per heavy atom. The summed E-state index contributed by atoms with van der Waals surface area (Å²) in [6.45, 7) is 0.